The fourth-order valence-corrected chi connectivity index (χ4v) is 3.40. The van der Waals surface area contributed by atoms with Crippen LogP contribution in [0, 0.1) is 0 Å². The number of hydrogen-bond donors (Lipinski definition) is 2. The maximum absolute atomic E-state index is 12.6. The molecule has 1 amide bonds. The second kappa shape index (κ2) is 9.03. The third-order valence-corrected chi connectivity index (χ3v) is 4.63. The molecule has 0 saturated carbocycles. The van der Waals surface area contributed by atoms with Gasteiger partial charge in [0.2, 0.25) is 5.91 Å². The molecule has 138 valence electrons. The minimum atomic E-state index is -0.0499. The lowest BCUT2D eigenvalue weighted by atomic mass is 10.0. The van der Waals surface area contributed by atoms with Gasteiger partial charge in [-0.15, -0.1) is 0 Å². The van der Waals surface area contributed by atoms with Gasteiger partial charge in [0.05, 0.1) is 18.8 Å². The van der Waals surface area contributed by atoms with Crippen molar-refractivity contribution < 1.29 is 9.53 Å². The second-order valence-corrected chi connectivity index (χ2v) is 6.66. The highest BCUT2D eigenvalue weighted by Crippen LogP contribution is 2.26. The molecular weight excluding hydrogens is 350 g/mol. The predicted octanol–water partition coefficient (Wildman–Crippen LogP) is 3.32. The number of hydrogen-bond acceptors (Lipinski definition) is 4. The van der Waals surface area contributed by atoms with Gasteiger partial charge in [0.1, 0.15) is 5.75 Å². The van der Waals surface area contributed by atoms with Crippen LogP contribution < -0.4 is 15.4 Å². The molecule has 0 spiro atoms. The Balaban J connectivity index is 1.69. The molecule has 0 radical (unpaired) electrons. The van der Waals surface area contributed by atoms with Crippen molar-refractivity contribution in [2.75, 3.05) is 38.1 Å². The topological polar surface area (TPSA) is 53.6 Å². The zero-order valence-electron chi connectivity index (χ0n) is 14.9. The zero-order valence-corrected chi connectivity index (χ0v) is 15.6. The van der Waals surface area contributed by atoms with Crippen LogP contribution in [0.1, 0.15) is 18.5 Å². The Morgan fingerprint density at radius 1 is 1.31 bits per heavy atom. The SMILES string of the molecule is CCOc1ccccc1NC(=O)CN1CCNCC1c1cccc(Cl)c1. The average molecular weight is 374 g/mol. The van der Waals surface area contributed by atoms with E-state index in [9.17, 15) is 4.79 Å². The number of piperazine rings is 1. The molecule has 1 aliphatic rings. The van der Waals surface area contributed by atoms with Crippen molar-refractivity contribution in [1.29, 1.82) is 0 Å². The van der Waals surface area contributed by atoms with Crippen molar-refractivity contribution in [2.24, 2.45) is 0 Å². The summed E-state index contributed by atoms with van der Waals surface area (Å²) in [6, 6.07) is 15.5. The van der Waals surface area contributed by atoms with Gasteiger partial charge < -0.3 is 15.4 Å². The van der Waals surface area contributed by atoms with Gasteiger partial charge in [0.25, 0.3) is 0 Å². The van der Waals surface area contributed by atoms with E-state index in [0.717, 1.165) is 25.2 Å². The van der Waals surface area contributed by atoms with Crippen LogP contribution in [0.2, 0.25) is 5.02 Å². The number of nitrogens with one attached hydrogen (secondary N) is 2. The standard InChI is InChI=1S/C20H24ClN3O2/c1-2-26-19-9-4-3-8-17(19)23-20(25)14-24-11-10-22-13-18(24)15-6-5-7-16(21)12-15/h3-9,12,18,22H,2,10-11,13-14H2,1H3,(H,23,25). The summed E-state index contributed by atoms with van der Waals surface area (Å²) < 4.78 is 5.58. The molecule has 2 aromatic carbocycles. The number of amides is 1. The van der Waals surface area contributed by atoms with E-state index in [1.165, 1.54) is 0 Å². The fraction of sp³-hybridized carbons (Fsp3) is 0.350. The summed E-state index contributed by atoms with van der Waals surface area (Å²) >= 11 is 6.14. The minimum absolute atomic E-state index is 0.0499. The first-order chi connectivity index (χ1) is 12.7. The summed E-state index contributed by atoms with van der Waals surface area (Å²) in [5, 5.41) is 7.08. The monoisotopic (exact) mass is 373 g/mol. The number of anilines is 1. The smallest absolute Gasteiger partial charge is 0.238 e. The van der Waals surface area contributed by atoms with Crippen molar-refractivity contribution in [3.05, 3.63) is 59.1 Å². The van der Waals surface area contributed by atoms with Gasteiger partial charge in [-0.1, -0.05) is 35.9 Å². The summed E-state index contributed by atoms with van der Waals surface area (Å²) in [6.45, 7) is 5.26. The number of carbonyl (C=O) groups excluding carboxylic acids is 1. The zero-order chi connectivity index (χ0) is 18.4. The van der Waals surface area contributed by atoms with Crippen molar-refractivity contribution in [1.82, 2.24) is 10.2 Å². The summed E-state index contributed by atoms with van der Waals surface area (Å²) in [5.41, 5.74) is 1.82. The Bertz CT molecular complexity index is 753. The van der Waals surface area contributed by atoms with Gasteiger partial charge in [0.15, 0.2) is 0 Å². The molecule has 26 heavy (non-hydrogen) atoms. The normalized spacial score (nSPS) is 17.7. The Labute approximate surface area is 159 Å². The maximum atomic E-state index is 12.6. The number of carbonyl (C=O) groups is 1. The number of rotatable bonds is 6. The largest absolute Gasteiger partial charge is 0.492 e. The van der Waals surface area contributed by atoms with Crippen molar-refractivity contribution in [2.45, 2.75) is 13.0 Å². The molecule has 1 saturated heterocycles. The summed E-state index contributed by atoms with van der Waals surface area (Å²) in [6.07, 6.45) is 0. The van der Waals surface area contributed by atoms with Crippen molar-refractivity contribution >= 4 is 23.2 Å². The lowest BCUT2D eigenvalue weighted by Crippen LogP contribution is -2.48. The molecule has 5 nitrogen and oxygen atoms in total. The summed E-state index contributed by atoms with van der Waals surface area (Å²) in [4.78, 5) is 14.8. The van der Waals surface area contributed by atoms with Gasteiger partial charge in [-0.3, -0.25) is 9.69 Å². The van der Waals surface area contributed by atoms with Crippen LogP contribution in [0.4, 0.5) is 5.69 Å². The van der Waals surface area contributed by atoms with E-state index in [-0.39, 0.29) is 11.9 Å². The molecule has 1 atom stereocenters. The van der Waals surface area contributed by atoms with E-state index in [0.29, 0.717) is 29.6 Å². The highest BCUT2D eigenvalue weighted by molar-refractivity contribution is 6.30. The first kappa shape index (κ1) is 18.7. The molecular formula is C20H24ClN3O2. The van der Waals surface area contributed by atoms with E-state index in [1.807, 2.05) is 49.4 Å². The Hall–Kier alpha value is -2.08. The van der Waals surface area contributed by atoms with E-state index in [4.69, 9.17) is 16.3 Å². The van der Waals surface area contributed by atoms with Gasteiger partial charge in [-0.05, 0) is 36.8 Å². The van der Waals surface area contributed by atoms with Crippen LogP contribution in [0.25, 0.3) is 0 Å². The van der Waals surface area contributed by atoms with E-state index in [1.54, 1.807) is 0 Å². The predicted molar refractivity (Wildman–Crippen MR) is 105 cm³/mol. The van der Waals surface area contributed by atoms with E-state index in [2.05, 4.69) is 21.6 Å². The number of nitrogens with zero attached hydrogens (tertiary/aromatic N) is 1. The Morgan fingerprint density at radius 3 is 2.96 bits per heavy atom. The third-order valence-electron chi connectivity index (χ3n) is 4.40. The van der Waals surface area contributed by atoms with Crippen LogP contribution in [-0.4, -0.2) is 43.6 Å². The molecule has 0 bridgehead atoms. The average Bonchev–Trinajstić information content (AvgIpc) is 2.64. The molecule has 2 aromatic rings. The van der Waals surface area contributed by atoms with Crippen LogP contribution in [0.5, 0.6) is 5.75 Å². The van der Waals surface area contributed by atoms with Crippen molar-refractivity contribution in [3.8, 4) is 5.75 Å². The molecule has 6 heteroatoms. The minimum Gasteiger partial charge on any atom is -0.492 e. The molecule has 0 aromatic heterocycles. The Kier molecular flexibility index (Phi) is 6.50. The van der Waals surface area contributed by atoms with Gasteiger partial charge >= 0.3 is 0 Å². The number of ether oxygens (including phenoxy) is 1. The number of halogens is 1. The first-order valence-corrected chi connectivity index (χ1v) is 9.27. The molecule has 1 aliphatic heterocycles. The molecule has 1 fully saturated rings. The molecule has 2 N–H and O–H groups in total. The van der Waals surface area contributed by atoms with Crippen LogP contribution in [0.3, 0.4) is 0 Å². The lowest BCUT2D eigenvalue weighted by molar-refractivity contribution is -0.118. The summed E-state index contributed by atoms with van der Waals surface area (Å²) in [7, 11) is 0. The van der Waals surface area contributed by atoms with Gasteiger partial charge in [-0.25, -0.2) is 0 Å². The van der Waals surface area contributed by atoms with Crippen LogP contribution in [0.15, 0.2) is 48.5 Å². The fourth-order valence-electron chi connectivity index (χ4n) is 3.20. The lowest BCUT2D eigenvalue weighted by Gasteiger charge is -2.36. The molecule has 3 rings (SSSR count). The van der Waals surface area contributed by atoms with Crippen LogP contribution in [-0.2, 0) is 4.79 Å². The highest BCUT2D eigenvalue weighted by Gasteiger charge is 2.25. The third kappa shape index (κ3) is 4.75. The second-order valence-electron chi connectivity index (χ2n) is 6.22. The highest BCUT2D eigenvalue weighted by atomic mass is 35.5. The number of benzene rings is 2. The first-order valence-electron chi connectivity index (χ1n) is 8.89. The Morgan fingerprint density at radius 2 is 2.15 bits per heavy atom. The van der Waals surface area contributed by atoms with E-state index >= 15 is 0 Å². The summed E-state index contributed by atoms with van der Waals surface area (Å²) in [5.74, 6) is 0.640. The quantitative estimate of drug-likeness (QED) is 0.815. The molecule has 0 aliphatic carbocycles. The molecule has 1 unspecified atom stereocenters. The maximum Gasteiger partial charge on any atom is 0.238 e. The van der Waals surface area contributed by atoms with Crippen LogP contribution >= 0.6 is 11.6 Å². The van der Waals surface area contributed by atoms with Gasteiger partial charge in [0, 0.05) is 30.7 Å². The molecule has 1 heterocycles. The number of para-hydroxylation sites is 2. The van der Waals surface area contributed by atoms with E-state index < -0.39 is 0 Å². The van der Waals surface area contributed by atoms with Crippen molar-refractivity contribution in [3.63, 3.8) is 0 Å². The van der Waals surface area contributed by atoms with Gasteiger partial charge in [-0.2, -0.15) is 0 Å².